The minimum absolute atomic E-state index is 0.135. The number of urea groups is 1. The number of halogens is 3. The Balaban J connectivity index is 2.47. The largest absolute Gasteiger partial charge is 0.495 e. The highest BCUT2D eigenvalue weighted by molar-refractivity contribution is 5.96. The zero-order chi connectivity index (χ0) is 20.8. The zero-order valence-corrected chi connectivity index (χ0v) is 15.2. The number of para-hydroxylation sites is 2. The van der Waals surface area contributed by atoms with E-state index in [0.29, 0.717) is 0 Å². The van der Waals surface area contributed by atoms with Crippen LogP contribution >= 0.6 is 0 Å². The maximum absolute atomic E-state index is 14.1. The summed E-state index contributed by atoms with van der Waals surface area (Å²) in [5, 5.41) is 4.04. The molecule has 0 aromatic heterocycles. The van der Waals surface area contributed by atoms with E-state index in [1.807, 2.05) is 0 Å². The molecular formula is C19H19F3N2O4. The van der Waals surface area contributed by atoms with Crippen molar-refractivity contribution >= 4 is 17.7 Å². The van der Waals surface area contributed by atoms with Crippen LogP contribution < -0.4 is 15.4 Å². The molecule has 6 nitrogen and oxygen atoms in total. The van der Waals surface area contributed by atoms with Crippen molar-refractivity contribution in [3.8, 4) is 5.75 Å². The van der Waals surface area contributed by atoms with E-state index in [-0.39, 0.29) is 18.0 Å². The summed E-state index contributed by atoms with van der Waals surface area (Å²) in [4.78, 5) is 24.9. The van der Waals surface area contributed by atoms with Gasteiger partial charge in [-0.3, -0.25) is 0 Å². The number of methoxy groups -OCH3 is 1. The van der Waals surface area contributed by atoms with Crippen LogP contribution in [0.1, 0.15) is 12.5 Å². The average molecular weight is 396 g/mol. The molecule has 0 fully saturated rings. The van der Waals surface area contributed by atoms with Crippen molar-refractivity contribution in [1.82, 2.24) is 5.32 Å². The van der Waals surface area contributed by atoms with Gasteiger partial charge in [0.2, 0.25) is 0 Å². The molecule has 0 aliphatic carbocycles. The van der Waals surface area contributed by atoms with Crippen molar-refractivity contribution in [2.45, 2.75) is 18.6 Å². The molecule has 0 aliphatic heterocycles. The molecule has 2 rings (SSSR count). The average Bonchev–Trinajstić information content (AvgIpc) is 2.66. The molecule has 0 saturated heterocycles. The highest BCUT2D eigenvalue weighted by atomic mass is 19.4. The maximum atomic E-state index is 14.1. The van der Waals surface area contributed by atoms with Gasteiger partial charge in [0.25, 0.3) is 5.54 Å². The number of anilines is 1. The van der Waals surface area contributed by atoms with Crippen LogP contribution in [0.25, 0.3) is 0 Å². The number of nitrogens with one attached hydrogen (secondary N) is 2. The van der Waals surface area contributed by atoms with Crippen LogP contribution in [0, 0.1) is 0 Å². The molecule has 2 aromatic carbocycles. The minimum atomic E-state index is -5.17. The van der Waals surface area contributed by atoms with E-state index in [9.17, 15) is 22.8 Å². The fraction of sp³-hybridized carbons (Fsp3) is 0.263. The van der Waals surface area contributed by atoms with Crippen LogP contribution in [-0.4, -0.2) is 31.9 Å². The third-order valence-corrected chi connectivity index (χ3v) is 3.87. The number of amides is 2. The lowest BCUT2D eigenvalue weighted by atomic mass is 9.89. The van der Waals surface area contributed by atoms with Gasteiger partial charge in [0.15, 0.2) is 0 Å². The number of alkyl halides is 3. The number of rotatable bonds is 6. The number of hydrogen-bond acceptors (Lipinski definition) is 4. The number of benzene rings is 2. The van der Waals surface area contributed by atoms with E-state index in [1.165, 1.54) is 44.4 Å². The first-order valence-corrected chi connectivity index (χ1v) is 8.28. The third-order valence-electron chi connectivity index (χ3n) is 3.87. The van der Waals surface area contributed by atoms with Crippen molar-refractivity contribution in [3.05, 3.63) is 60.2 Å². The summed E-state index contributed by atoms with van der Waals surface area (Å²) in [7, 11) is 1.35. The third kappa shape index (κ3) is 4.19. The fourth-order valence-corrected chi connectivity index (χ4v) is 2.59. The van der Waals surface area contributed by atoms with Gasteiger partial charge in [-0.1, -0.05) is 42.5 Å². The summed E-state index contributed by atoms with van der Waals surface area (Å²) in [5.74, 6) is -1.39. The van der Waals surface area contributed by atoms with Crippen molar-refractivity contribution in [2.24, 2.45) is 0 Å². The topological polar surface area (TPSA) is 76.7 Å². The SMILES string of the molecule is CCOC(=O)[C@@](NC(=O)Nc1ccccc1OC)(c1ccccc1)C(F)(F)F. The molecular weight excluding hydrogens is 377 g/mol. The van der Waals surface area contributed by atoms with Crippen LogP contribution in [0.3, 0.4) is 0 Å². The van der Waals surface area contributed by atoms with E-state index in [4.69, 9.17) is 4.74 Å². The van der Waals surface area contributed by atoms with Gasteiger partial charge in [-0.05, 0) is 24.6 Å². The van der Waals surface area contributed by atoms with Gasteiger partial charge >= 0.3 is 18.2 Å². The Morgan fingerprint density at radius 2 is 1.61 bits per heavy atom. The van der Waals surface area contributed by atoms with Gasteiger partial charge < -0.3 is 20.1 Å². The summed E-state index contributed by atoms with van der Waals surface area (Å²) in [6.45, 7) is 1.08. The molecule has 0 spiro atoms. The molecule has 0 heterocycles. The highest BCUT2D eigenvalue weighted by Gasteiger charge is 2.64. The van der Waals surface area contributed by atoms with Crippen LogP contribution in [0.4, 0.5) is 23.7 Å². The molecule has 150 valence electrons. The van der Waals surface area contributed by atoms with Gasteiger partial charge in [-0.25, -0.2) is 9.59 Å². The monoisotopic (exact) mass is 396 g/mol. The molecule has 0 unspecified atom stereocenters. The van der Waals surface area contributed by atoms with Crippen LogP contribution in [0.2, 0.25) is 0 Å². The number of ether oxygens (including phenoxy) is 2. The predicted molar refractivity (Wildman–Crippen MR) is 96.0 cm³/mol. The lowest BCUT2D eigenvalue weighted by molar-refractivity contribution is -0.213. The lowest BCUT2D eigenvalue weighted by Gasteiger charge is -2.34. The zero-order valence-electron chi connectivity index (χ0n) is 15.2. The standard InChI is InChI=1S/C19H19F3N2O4/c1-3-28-16(25)18(19(20,21)22,13-9-5-4-6-10-13)24-17(26)23-14-11-7-8-12-15(14)27-2/h4-12H,3H2,1-2H3,(H2,23,24,26)/t18-/m0/s1. The Labute approximate surface area is 159 Å². The van der Waals surface area contributed by atoms with E-state index in [2.05, 4.69) is 10.1 Å². The summed E-state index contributed by atoms with van der Waals surface area (Å²) < 4.78 is 52.0. The first-order valence-electron chi connectivity index (χ1n) is 8.28. The van der Waals surface area contributed by atoms with E-state index < -0.39 is 29.3 Å². The molecule has 1 atom stereocenters. The molecule has 2 aromatic rings. The first kappa shape index (κ1) is 21.1. The van der Waals surface area contributed by atoms with Gasteiger partial charge in [-0.2, -0.15) is 13.2 Å². The van der Waals surface area contributed by atoms with E-state index >= 15 is 0 Å². The predicted octanol–water partition coefficient (Wildman–Crippen LogP) is 3.84. The molecule has 0 saturated carbocycles. The van der Waals surface area contributed by atoms with Crippen LogP contribution in [-0.2, 0) is 15.1 Å². The van der Waals surface area contributed by atoms with E-state index in [1.54, 1.807) is 17.4 Å². The molecule has 2 amide bonds. The summed E-state index contributed by atoms with van der Waals surface area (Å²) in [5.41, 5.74) is -3.72. The summed E-state index contributed by atoms with van der Waals surface area (Å²) >= 11 is 0. The Bertz CT molecular complexity index is 827. The normalized spacial score (nSPS) is 13.2. The van der Waals surface area contributed by atoms with Crippen molar-refractivity contribution in [2.75, 3.05) is 19.0 Å². The highest BCUT2D eigenvalue weighted by Crippen LogP contribution is 2.40. The molecule has 0 aliphatic rings. The maximum Gasteiger partial charge on any atom is 0.426 e. The van der Waals surface area contributed by atoms with Crippen LogP contribution in [0.5, 0.6) is 5.75 Å². The van der Waals surface area contributed by atoms with Gasteiger partial charge in [0.1, 0.15) is 5.75 Å². The summed E-state index contributed by atoms with van der Waals surface area (Å²) in [6, 6.07) is 11.2. The van der Waals surface area contributed by atoms with Crippen molar-refractivity contribution < 1.29 is 32.2 Å². The number of carbonyl (C=O) groups is 2. The second kappa shape index (κ2) is 8.64. The van der Waals surface area contributed by atoms with Gasteiger partial charge in [0, 0.05) is 0 Å². The molecule has 0 bridgehead atoms. The molecule has 28 heavy (non-hydrogen) atoms. The molecule has 2 N–H and O–H groups in total. The number of carbonyl (C=O) groups excluding carboxylic acids is 2. The van der Waals surface area contributed by atoms with Gasteiger partial charge in [-0.15, -0.1) is 0 Å². The second-order valence-electron chi connectivity index (χ2n) is 5.61. The second-order valence-corrected chi connectivity index (χ2v) is 5.61. The Kier molecular flexibility index (Phi) is 6.50. The van der Waals surface area contributed by atoms with Crippen LogP contribution in [0.15, 0.2) is 54.6 Å². The Hall–Kier alpha value is -3.23. The van der Waals surface area contributed by atoms with Crippen molar-refractivity contribution in [1.29, 1.82) is 0 Å². The Morgan fingerprint density at radius 1 is 1.00 bits per heavy atom. The van der Waals surface area contributed by atoms with E-state index in [0.717, 1.165) is 12.1 Å². The smallest absolute Gasteiger partial charge is 0.426 e. The molecule has 9 heteroatoms. The lowest BCUT2D eigenvalue weighted by Crippen LogP contribution is -2.62. The number of hydrogen-bond donors (Lipinski definition) is 2. The minimum Gasteiger partial charge on any atom is -0.495 e. The first-order chi connectivity index (χ1) is 13.3. The molecule has 0 radical (unpaired) electrons. The number of esters is 1. The Morgan fingerprint density at radius 3 is 2.18 bits per heavy atom. The fourth-order valence-electron chi connectivity index (χ4n) is 2.59. The quantitative estimate of drug-likeness (QED) is 0.728. The van der Waals surface area contributed by atoms with Gasteiger partial charge in [0.05, 0.1) is 19.4 Å². The van der Waals surface area contributed by atoms with Crippen molar-refractivity contribution in [3.63, 3.8) is 0 Å². The summed E-state index contributed by atoms with van der Waals surface area (Å²) in [6.07, 6.45) is -5.17.